The van der Waals surface area contributed by atoms with Crippen molar-refractivity contribution in [2.24, 2.45) is 0 Å². The molecule has 2 heterocycles. The van der Waals surface area contributed by atoms with Crippen LogP contribution >= 0.6 is 11.6 Å². The van der Waals surface area contributed by atoms with Gasteiger partial charge in [0, 0.05) is 12.1 Å². The van der Waals surface area contributed by atoms with Gasteiger partial charge in [-0.05, 0) is 45.4 Å². The molecule has 0 N–H and O–H groups in total. The molecule has 1 saturated heterocycles. The molecule has 0 unspecified atom stereocenters. The highest BCUT2D eigenvalue weighted by Crippen LogP contribution is 2.36. The van der Waals surface area contributed by atoms with E-state index in [0.717, 1.165) is 5.59 Å². The molecule has 0 aliphatic carbocycles. The standard InChI is InChI=1S/C17H21BClNO2/c1-16(2)17(3,4)22-18(21-16)14-10-11-15(19)20(14)12-13-8-6-5-7-9-13/h5-11H,12H2,1-4H3. The van der Waals surface area contributed by atoms with Gasteiger partial charge in [-0.2, -0.15) is 0 Å². The van der Waals surface area contributed by atoms with Gasteiger partial charge < -0.3 is 13.9 Å². The van der Waals surface area contributed by atoms with Crippen LogP contribution in [0.15, 0.2) is 42.5 Å². The summed E-state index contributed by atoms with van der Waals surface area (Å²) < 4.78 is 14.3. The van der Waals surface area contributed by atoms with Gasteiger partial charge in [0.2, 0.25) is 0 Å². The molecule has 1 aliphatic rings. The van der Waals surface area contributed by atoms with Gasteiger partial charge in [-0.25, -0.2) is 0 Å². The highest BCUT2D eigenvalue weighted by atomic mass is 35.5. The summed E-state index contributed by atoms with van der Waals surface area (Å²) in [5.41, 5.74) is 1.43. The Labute approximate surface area is 137 Å². The topological polar surface area (TPSA) is 23.4 Å². The second-order valence-electron chi connectivity index (χ2n) is 6.74. The lowest BCUT2D eigenvalue weighted by Gasteiger charge is -2.32. The average Bonchev–Trinajstić information content (AvgIpc) is 2.89. The smallest absolute Gasteiger partial charge is 0.398 e. The first kappa shape index (κ1) is 15.7. The first-order valence-electron chi connectivity index (χ1n) is 7.55. The number of nitrogens with zero attached hydrogens (tertiary/aromatic N) is 1. The minimum atomic E-state index is -0.402. The van der Waals surface area contributed by atoms with Crippen molar-refractivity contribution in [1.82, 2.24) is 4.57 Å². The van der Waals surface area contributed by atoms with E-state index in [-0.39, 0.29) is 11.2 Å². The summed E-state index contributed by atoms with van der Waals surface area (Å²) >= 11 is 6.37. The van der Waals surface area contributed by atoms with Crippen LogP contribution in [-0.4, -0.2) is 22.9 Å². The minimum Gasteiger partial charge on any atom is -0.398 e. The average molecular weight is 318 g/mol. The molecule has 2 aromatic rings. The first-order chi connectivity index (χ1) is 10.3. The molecule has 0 saturated carbocycles. The molecule has 116 valence electrons. The Kier molecular flexibility index (Phi) is 3.88. The van der Waals surface area contributed by atoms with Crippen LogP contribution in [0.3, 0.4) is 0 Å². The summed E-state index contributed by atoms with van der Waals surface area (Å²) in [5, 5.41) is 0.688. The molecular formula is C17H21BClNO2. The quantitative estimate of drug-likeness (QED) is 0.809. The normalized spacial score (nSPS) is 19.6. The van der Waals surface area contributed by atoms with Crippen molar-refractivity contribution in [3.05, 3.63) is 53.2 Å². The second-order valence-corrected chi connectivity index (χ2v) is 7.13. The van der Waals surface area contributed by atoms with Gasteiger partial charge in [0.25, 0.3) is 0 Å². The molecule has 3 rings (SSSR count). The van der Waals surface area contributed by atoms with Crippen molar-refractivity contribution in [3.8, 4) is 0 Å². The Morgan fingerprint density at radius 3 is 2.14 bits per heavy atom. The van der Waals surface area contributed by atoms with Crippen LogP contribution in [0.5, 0.6) is 0 Å². The summed E-state index contributed by atoms with van der Waals surface area (Å²) in [7, 11) is -0.402. The van der Waals surface area contributed by atoms with E-state index < -0.39 is 7.12 Å². The molecule has 0 amide bonds. The maximum atomic E-state index is 6.37. The molecule has 0 spiro atoms. The van der Waals surface area contributed by atoms with Crippen molar-refractivity contribution in [3.63, 3.8) is 0 Å². The molecule has 0 atom stereocenters. The number of rotatable bonds is 3. The van der Waals surface area contributed by atoms with Crippen LogP contribution in [0.1, 0.15) is 33.3 Å². The van der Waals surface area contributed by atoms with Crippen LogP contribution in [-0.2, 0) is 15.9 Å². The van der Waals surface area contributed by atoms with E-state index in [0.29, 0.717) is 11.7 Å². The summed E-state index contributed by atoms with van der Waals surface area (Å²) in [5.74, 6) is 0. The number of aromatic nitrogens is 1. The second kappa shape index (κ2) is 5.45. The van der Waals surface area contributed by atoms with Gasteiger partial charge in [-0.15, -0.1) is 0 Å². The molecule has 0 bridgehead atoms. The monoisotopic (exact) mass is 317 g/mol. The number of hydrogen-bond acceptors (Lipinski definition) is 2. The van der Waals surface area contributed by atoms with Crippen LogP contribution < -0.4 is 5.59 Å². The van der Waals surface area contributed by atoms with Crippen LogP contribution in [0.4, 0.5) is 0 Å². The van der Waals surface area contributed by atoms with Crippen molar-refractivity contribution in [2.75, 3.05) is 0 Å². The van der Waals surface area contributed by atoms with Crippen molar-refractivity contribution in [1.29, 1.82) is 0 Å². The van der Waals surface area contributed by atoms with Crippen LogP contribution in [0.25, 0.3) is 0 Å². The fraction of sp³-hybridized carbons (Fsp3) is 0.412. The molecule has 1 aromatic heterocycles. The van der Waals surface area contributed by atoms with Crippen LogP contribution in [0.2, 0.25) is 5.15 Å². The minimum absolute atomic E-state index is 0.355. The van der Waals surface area contributed by atoms with Gasteiger partial charge in [-0.3, -0.25) is 0 Å². The largest absolute Gasteiger partial charge is 0.512 e. The van der Waals surface area contributed by atoms with E-state index >= 15 is 0 Å². The summed E-state index contributed by atoms with van der Waals surface area (Å²) in [4.78, 5) is 0. The molecule has 5 heteroatoms. The Balaban J connectivity index is 1.90. The molecule has 22 heavy (non-hydrogen) atoms. The third-order valence-corrected chi connectivity index (χ3v) is 4.97. The van der Waals surface area contributed by atoms with E-state index in [1.807, 2.05) is 34.9 Å². The zero-order valence-electron chi connectivity index (χ0n) is 13.5. The Morgan fingerprint density at radius 1 is 0.955 bits per heavy atom. The zero-order valence-corrected chi connectivity index (χ0v) is 14.2. The van der Waals surface area contributed by atoms with Gasteiger partial charge in [-0.1, -0.05) is 41.9 Å². The van der Waals surface area contributed by atoms with E-state index in [4.69, 9.17) is 20.9 Å². The molecule has 1 fully saturated rings. The van der Waals surface area contributed by atoms with Gasteiger partial charge in [0.15, 0.2) is 0 Å². The van der Waals surface area contributed by atoms with E-state index in [2.05, 4.69) is 39.8 Å². The zero-order chi connectivity index (χ0) is 16.0. The Bertz CT molecular complexity index is 651. The van der Waals surface area contributed by atoms with Crippen molar-refractivity contribution < 1.29 is 9.31 Å². The lowest BCUT2D eigenvalue weighted by molar-refractivity contribution is 0.00578. The maximum absolute atomic E-state index is 6.37. The summed E-state index contributed by atoms with van der Waals surface area (Å²) in [6.45, 7) is 8.92. The summed E-state index contributed by atoms with van der Waals surface area (Å²) in [6, 6.07) is 14.1. The Hall–Kier alpha value is -1.23. The fourth-order valence-corrected chi connectivity index (χ4v) is 2.78. The molecule has 1 aliphatic heterocycles. The summed E-state index contributed by atoms with van der Waals surface area (Å²) in [6.07, 6.45) is 0. The lowest BCUT2D eigenvalue weighted by atomic mass is 9.84. The maximum Gasteiger partial charge on any atom is 0.512 e. The van der Waals surface area contributed by atoms with E-state index in [9.17, 15) is 0 Å². The molecule has 0 radical (unpaired) electrons. The van der Waals surface area contributed by atoms with Crippen molar-refractivity contribution in [2.45, 2.75) is 45.4 Å². The predicted octanol–water partition coefficient (Wildman–Crippen LogP) is 3.49. The third kappa shape index (κ3) is 2.71. The number of hydrogen-bond donors (Lipinski definition) is 0. The lowest BCUT2D eigenvalue weighted by Crippen LogP contribution is -2.41. The van der Waals surface area contributed by atoms with E-state index in [1.54, 1.807) is 0 Å². The molecule has 3 nitrogen and oxygen atoms in total. The third-order valence-electron chi connectivity index (χ3n) is 4.64. The molecule has 1 aromatic carbocycles. The van der Waals surface area contributed by atoms with Crippen LogP contribution in [0, 0.1) is 0 Å². The highest BCUT2D eigenvalue weighted by molar-refractivity contribution is 6.61. The van der Waals surface area contributed by atoms with Gasteiger partial charge in [0.1, 0.15) is 5.15 Å². The predicted molar refractivity (Wildman–Crippen MR) is 90.7 cm³/mol. The Morgan fingerprint density at radius 2 is 1.55 bits per heavy atom. The van der Waals surface area contributed by atoms with Gasteiger partial charge in [0.05, 0.1) is 11.2 Å². The van der Waals surface area contributed by atoms with Crippen molar-refractivity contribution >= 4 is 24.3 Å². The number of halogens is 1. The van der Waals surface area contributed by atoms with E-state index in [1.165, 1.54) is 5.56 Å². The van der Waals surface area contributed by atoms with Gasteiger partial charge >= 0.3 is 7.12 Å². The first-order valence-corrected chi connectivity index (χ1v) is 7.92. The highest BCUT2D eigenvalue weighted by Gasteiger charge is 2.52. The molecular weight excluding hydrogens is 296 g/mol. The fourth-order valence-electron chi connectivity index (χ4n) is 2.56. The SMILES string of the molecule is CC1(C)OB(c2ccc(Cl)n2Cc2ccccc2)OC1(C)C. The number of benzene rings is 1.